The van der Waals surface area contributed by atoms with E-state index in [2.05, 4.69) is 11.2 Å². The SMILES string of the molecule is O=C1C(=O)[C@H](CCc2ccnc3c2CCCC3O)[C@@H](COCc2cc[c-]o2)C1=O.[Y]. The van der Waals surface area contributed by atoms with Crippen molar-refractivity contribution in [3.05, 3.63) is 53.2 Å². The molecule has 0 saturated heterocycles. The molecule has 1 radical (unpaired) electrons. The number of aryl methyl sites for hydroxylation is 1. The molecule has 1 saturated carbocycles. The molecule has 0 bridgehead atoms. The predicted octanol–water partition coefficient (Wildman–Crippen LogP) is 1.94. The number of furan rings is 1. The molecule has 2 aliphatic rings. The van der Waals surface area contributed by atoms with Gasteiger partial charge in [-0.05, 0) is 61.3 Å². The van der Waals surface area contributed by atoms with Crippen molar-refractivity contribution in [2.75, 3.05) is 6.61 Å². The van der Waals surface area contributed by atoms with Gasteiger partial charge in [-0.15, -0.1) is 6.07 Å². The van der Waals surface area contributed by atoms with Crippen LogP contribution in [0.3, 0.4) is 0 Å². The zero-order chi connectivity index (χ0) is 20.4. The van der Waals surface area contributed by atoms with E-state index in [4.69, 9.17) is 9.15 Å². The number of hydrogen-bond donors (Lipinski definition) is 1. The molecule has 30 heavy (non-hydrogen) atoms. The molecule has 0 spiro atoms. The molecule has 1 fully saturated rings. The van der Waals surface area contributed by atoms with Crippen LogP contribution in [0.1, 0.15) is 47.9 Å². The molecule has 4 rings (SSSR count). The third kappa shape index (κ3) is 4.69. The Morgan fingerprint density at radius 3 is 2.77 bits per heavy atom. The van der Waals surface area contributed by atoms with Crippen molar-refractivity contribution in [1.82, 2.24) is 4.98 Å². The molecule has 0 aliphatic heterocycles. The molecule has 3 atom stereocenters. The minimum atomic E-state index is -0.929. The van der Waals surface area contributed by atoms with Crippen LogP contribution in [0, 0.1) is 18.1 Å². The second-order valence-corrected chi connectivity index (χ2v) is 7.59. The molecule has 1 N–H and O–H groups in total. The Hall–Kier alpha value is -1.54. The van der Waals surface area contributed by atoms with E-state index in [0.29, 0.717) is 30.7 Å². The van der Waals surface area contributed by atoms with Gasteiger partial charge in [0, 0.05) is 51.4 Å². The van der Waals surface area contributed by atoms with E-state index in [-0.39, 0.29) is 45.9 Å². The van der Waals surface area contributed by atoms with Gasteiger partial charge >= 0.3 is 0 Å². The number of rotatable bonds is 7. The quantitative estimate of drug-likeness (QED) is 0.472. The van der Waals surface area contributed by atoms with Gasteiger partial charge < -0.3 is 14.3 Å². The third-order valence-electron chi connectivity index (χ3n) is 5.81. The van der Waals surface area contributed by atoms with Gasteiger partial charge in [0.05, 0.1) is 24.3 Å². The zero-order valence-electron chi connectivity index (χ0n) is 16.5. The Morgan fingerprint density at radius 2 is 2.00 bits per heavy atom. The molecule has 2 heterocycles. The molecule has 2 aromatic rings. The van der Waals surface area contributed by atoms with Crippen LogP contribution in [-0.2, 0) is 71.3 Å². The Bertz CT molecular complexity index is 926. The standard InChI is InChI=1S/C22H22NO6.Y/c24-18-5-1-4-15-13(8-9-23-19(15)18)6-7-16-17(21(26)22(27)20(16)25)12-28-11-14-3-2-10-29-14;/h2-3,8-9,16-18,24H,1,4-7,11-12H2;/q-1;/t16-,17-,18?;/m1./s1. The van der Waals surface area contributed by atoms with Crippen LogP contribution >= 0.6 is 0 Å². The fraction of sp³-hybridized carbons (Fsp3) is 0.455. The summed E-state index contributed by atoms with van der Waals surface area (Å²) in [6, 6.07) is 5.20. The first kappa shape index (κ1) is 23.1. The van der Waals surface area contributed by atoms with Gasteiger partial charge in [-0.1, -0.05) is 0 Å². The Balaban J connectivity index is 0.00000256. The summed E-state index contributed by atoms with van der Waals surface area (Å²) < 4.78 is 10.6. The molecular weight excluding hydrogens is 463 g/mol. The Labute approximate surface area is 199 Å². The second-order valence-electron chi connectivity index (χ2n) is 7.59. The van der Waals surface area contributed by atoms with Gasteiger partial charge in [-0.3, -0.25) is 19.4 Å². The Morgan fingerprint density at radius 1 is 1.20 bits per heavy atom. The van der Waals surface area contributed by atoms with E-state index in [1.807, 2.05) is 6.07 Å². The van der Waals surface area contributed by atoms with Crippen molar-refractivity contribution in [2.45, 2.75) is 44.8 Å². The largest absolute Gasteiger partial charge is 0.593 e. The predicted molar refractivity (Wildman–Crippen MR) is 99.7 cm³/mol. The van der Waals surface area contributed by atoms with Crippen LogP contribution in [0.4, 0.5) is 0 Å². The fourth-order valence-electron chi connectivity index (χ4n) is 4.26. The van der Waals surface area contributed by atoms with Crippen LogP contribution in [0.5, 0.6) is 0 Å². The van der Waals surface area contributed by atoms with E-state index in [9.17, 15) is 19.5 Å². The average Bonchev–Trinajstić information content (AvgIpc) is 3.31. The molecule has 1 unspecified atom stereocenters. The number of aliphatic hydroxyl groups excluding tert-OH is 1. The van der Waals surface area contributed by atoms with Gasteiger partial charge in [0.25, 0.3) is 5.78 Å². The van der Waals surface area contributed by atoms with Crippen molar-refractivity contribution in [2.24, 2.45) is 11.8 Å². The maximum Gasteiger partial charge on any atom is 0.264 e. The molecule has 155 valence electrons. The zero-order valence-corrected chi connectivity index (χ0v) is 19.3. The van der Waals surface area contributed by atoms with Gasteiger partial charge in [0.15, 0.2) is 0 Å². The summed E-state index contributed by atoms with van der Waals surface area (Å²) in [6.45, 7) is 0.146. The number of ether oxygens (including phenoxy) is 1. The molecule has 2 aromatic heterocycles. The molecule has 2 aliphatic carbocycles. The second kappa shape index (κ2) is 10.2. The first-order chi connectivity index (χ1) is 14.1. The van der Waals surface area contributed by atoms with Crippen LogP contribution in [-0.4, -0.2) is 34.0 Å². The molecule has 0 amide bonds. The van der Waals surface area contributed by atoms with Crippen molar-refractivity contribution in [3.8, 4) is 0 Å². The normalized spacial score (nSPS) is 23.4. The first-order valence-corrected chi connectivity index (χ1v) is 9.86. The summed E-state index contributed by atoms with van der Waals surface area (Å²) in [5.74, 6) is -3.11. The minimum absolute atomic E-state index is 0. The van der Waals surface area contributed by atoms with Gasteiger partial charge in [0.2, 0.25) is 11.6 Å². The van der Waals surface area contributed by atoms with Crippen molar-refractivity contribution in [1.29, 1.82) is 0 Å². The van der Waals surface area contributed by atoms with E-state index in [1.54, 1.807) is 18.3 Å². The van der Waals surface area contributed by atoms with Gasteiger partial charge in [0.1, 0.15) is 0 Å². The van der Waals surface area contributed by atoms with Crippen LogP contribution in [0.15, 0.2) is 28.8 Å². The summed E-state index contributed by atoms with van der Waals surface area (Å²) in [4.78, 5) is 40.9. The van der Waals surface area contributed by atoms with E-state index < -0.39 is 35.3 Å². The van der Waals surface area contributed by atoms with Gasteiger partial charge in [-0.25, -0.2) is 0 Å². The number of fused-ring (bicyclic) bond motifs is 1. The van der Waals surface area contributed by atoms with E-state index in [1.165, 1.54) is 0 Å². The number of Topliss-reactive ketones (excluding diaryl/α,β-unsaturated/α-hetero) is 3. The molecule has 0 aromatic carbocycles. The average molecular weight is 485 g/mol. The number of carbonyl (C=O) groups is 3. The molecule has 8 heteroatoms. The summed E-state index contributed by atoms with van der Waals surface area (Å²) in [5.41, 5.74) is 2.74. The summed E-state index contributed by atoms with van der Waals surface area (Å²) in [7, 11) is 0. The van der Waals surface area contributed by atoms with Crippen molar-refractivity contribution in [3.63, 3.8) is 0 Å². The van der Waals surface area contributed by atoms with Gasteiger partial charge in [-0.2, -0.15) is 6.07 Å². The van der Waals surface area contributed by atoms with E-state index in [0.717, 1.165) is 24.0 Å². The number of nitrogens with zero attached hydrogens (tertiary/aromatic N) is 1. The van der Waals surface area contributed by atoms with Crippen molar-refractivity contribution < 1.29 is 61.4 Å². The number of carbonyl (C=O) groups excluding carboxylic acids is 3. The minimum Gasteiger partial charge on any atom is -0.593 e. The van der Waals surface area contributed by atoms with Crippen molar-refractivity contribution >= 4 is 17.3 Å². The fourth-order valence-corrected chi connectivity index (χ4v) is 4.26. The maximum absolute atomic E-state index is 12.4. The Kier molecular flexibility index (Phi) is 7.85. The summed E-state index contributed by atoms with van der Waals surface area (Å²) in [5, 5.41) is 10.2. The monoisotopic (exact) mass is 485 g/mol. The van der Waals surface area contributed by atoms with E-state index >= 15 is 0 Å². The third-order valence-corrected chi connectivity index (χ3v) is 5.81. The number of ketones is 3. The first-order valence-electron chi connectivity index (χ1n) is 9.86. The molecule has 7 nitrogen and oxygen atoms in total. The smallest absolute Gasteiger partial charge is 0.264 e. The molecular formula is C22H22NO6Y-. The topological polar surface area (TPSA) is 107 Å². The summed E-state index contributed by atoms with van der Waals surface area (Å²) in [6.07, 6.45) is 6.99. The maximum atomic E-state index is 12.4. The number of hydrogen-bond acceptors (Lipinski definition) is 7. The van der Waals surface area contributed by atoms with Crippen LogP contribution < -0.4 is 0 Å². The number of pyridine rings is 1. The number of aromatic nitrogens is 1. The van der Waals surface area contributed by atoms with Crippen LogP contribution in [0.2, 0.25) is 0 Å². The van der Waals surface area contributed by atoms with Crippen LogP contribution in [0.25, 0.3) is 0 Å². The summed E-state index contributed by atoms with van der Waals surface area (Å²) >= 11 is 0. The number of aliphatic hydroxyl groups is 1.